The zero-order chi connectivity index (χ0) is 16.4. The highest BCUT2D eigenvalue weighted by Crippen LogP contribution is 2.33. The Morgan fingerprint density at radius 2 is 1.05 bits per heavy atom. The summed E-state index contributed by atoms with van der Waals surface area (Å²) in [5, 5.41) is 28.4. The molecule has 0 heterocycles. The normalized spacial score (nSPS) is 12.4. The van der Waals surface area contributed by atoms with Gasteiger partial charge >= 0.3 is 0 Å². The van der Waals surface area contributed by atoms with Gasteiger partial charge in [-0.1, -0.05) is 57.2 Å². The summed E-state index contributed by atoms with van der Waals surface area (Å²) >= 11 is 0. The average Bonchev–Trinajstić information content (AvgIpc) is 2.54. The summed E-state index contributed by atoms with van der Waals surface area (Å²) in [7, 11) is 0. The molecule has 0 aliphatic rings. The SMILES string of the molecule is CC(CO)(CO)c1ccc(C(C)(C)c2ccc(O)cc2)cc1. The van der Waals surface area contributed by atoms with E-state index in [1.807, 2.05) is 43.3 Å². The molecule has 0 aliphatic carbocycles. The van der Waals surface area contributed by atoms with Gasteiger partial charge in [-0.2, -0.15) is 0 Å². The van der Waals surface area contributed by atoms with Crippen LogP contribution in [0.25, 0.3) is 0 Å². The van der Waals surface area contributed by atoms with Crippen LogP contribution in [0.1, 0.15) is 37.5 Å². The van der Waals surface area contributed by atoms with Crippen molar-refractivity contribution in [3.63, 3.8) is 0 Å². The minimum atomic E-state index is -0.624. The standard InChI is InChI=1S/C19H24O3/c1-18(2,15-8-10-17(22)11-9-15)14-4-6-16(7-5-14)19(3,12-20)13-21/h4-11,20-22H,12-13H2,1-3H3. The Balaban J connectivity index is 2.35. The quantitative estimate of drug-likeness (QED) is 0.795. The van der Waals surface area contributed by atoms with E-state index in [1.54, 1.807) is 12.1 Å². The van der Waals surface area contributed by atoms with Gasteiger partial charge in [0.15, 0.2) is 0 Å². The van der Waals surface area contributed by atoms with Crippen molar-refractivity contribution in [2.45, 2.75) is 31.6 Å². The van der Waals surface area contributed by atoms with Gasteiger partial charge < -0.3 is 15.3 Å². The van der Waals surface area contributed by atoms with Gasteiger partial charge in [0.25, 0.3) is 0 Å². The zero-order valence-electron chi connectivity index (χ0n) is 13.4. The van der Waals surface area contributed by atoms with Crippen molar-refractivity contribution in [3.8, 4) is 5.75 Å². The molecule has 2 aromatic rings. The van der Waals surface area contributed by atoms with E-state index in [0.717, 1.165) is 16.7 Å². The summed E-state index contributed by atoms with van der Waals surface area (Å²) in [6.45, 7) is 5.92. The lowest BCUT2D eigenvalue weighted by Crippen LogP contribution is -2.31. The third-order valence-electron chi connectivity index (χ3n) is 4.59. The topological polar surface area (TPSA) is 60.7 Å². The van der Waals surface area contributed by atoms with Gasteiger partial charge in [0.05, 0.1) is 13.2 Å². The van der Waals surface area contributed by atoms with Gasteiger partial charge in [-0.05, 0) is 28.8 Å². The third kappa shape index (κ3) is 3.01. The van der Waals surface area contributed by atoms with Crippen molar-refractivity contribution in [3.05, 3.63) is 65.2 Å². The van der Waals surface area contributed by atoms with Crippen LogP contribution in [0.2, 0.25) is 0 Å². The van der Waals surface area contributed by atoms with Crippen molar-refractivity contribution in [1.82, 2.24) is 0 Å². The van der Waals surface area contributed by atoms with Crippen molar-refractivity contribution < 1.29 is 15.3 Å². The summed E-state index contributed by atoms with van der Waals surface area (Å²) in [5.74, 6) is 0.261. The number of hydrogen-bond donors (Lipinski definition) is 3. The van der Waals surface area contributed by atoms with Gasteiger partial charge in [0.1, 0.15) is 5.75 Å². The number of phenolic OH excluding ortho intramolecular Hbond substituents is 1. The number of hydrogen-bond acceptors (Lipinski definition) is 3. The first-order chi connectivity index (χ1) is 10.3. The van der Waals surface area contributed by atoms with Crippen LogP contribution in [-0.4, -0.2) is 28.5 Å². The molecule has 0 fully saturated rings. The Morgan fingerprint density at radius 1 is 0.682 bits per heavy atom. The molecule has 0 aliphatic heterocycles. The highest BCUT2D eigenvalue weighted by Gasteiger charge is 2.27. The molecule has 3 nitrogen and oxygen atoms in total. The smallest absolute Gasteiger partial charge is 0.115 e. The molecule has 0 saturated carbocycles. The second-order valence-electron chi connectivity index (χ2n) is 6.63. The summed E-state index contributed by atoms with van der Waals surface area (Å²) < 4.78 is 0. The molecule has 2 rings (SSSR count). The van der Waals surface area contributed by atoms with Crippen LogP contribution >= 0.6 is 0 Å². The van der Waals surface area contributed by atoms with E-state index in [2.05, 4.69) is 13.8 Å². The Bertz CT molecular complexity index is 608. The maximum atomic E-state index is 9.49. The molecule has 118 valence electrons. The van der Waals surface area contributed by atoms with Gasteiger partial charge in [-0.15, -0.1) is 0 Å². The van der Waals surface area contributed by atoms with E-state index in [1.165, 1.54) is 0 Å². The first kappa shape index (κ1) is 16.5. The van der Waals surface area contributed by atoms with Crippen molar-refractivity contribution in [2.24, 2.45) is 0 Å². The highest BCUT2D eigenvalue weighted by atomic mass is 16.3. The minimum Gasteiger partial charge on any atom is -0.508 e. The van der Waals surface area contributed by atoms with E-state index >= 15 is 0 Å². The number of rotatable bonds is 5. The van der Waals surface area contributed by atoms with Crippen molar-refractivity contribution >= 4 is 0 Å². The predicted molar refractivity (Wildman–Crippen MR) is 88.2 cm³/mol. The first-order valence-electron chi connectivity index (χ1n) is 7.46. The average molecular weight is 300 g/mol. The van der Waals surface area contributed by atoms with Crippen molar-refractivity contribution in [1.29, 1.82) is 0 Å². The van der Waals surface area contributed by atoms with Crippen LogP contribution in [0.15, 0.2) is 48.5 Å². The van der Waals surface area contributed by atoms with Crippen molar-refractivity contribution in [2.75, 3.05) is 13.2 Å². The number of aliphatic hydroxyl groups excluding tert-OH is 2. The number of aliphatic hydroxyl groups is 2. The van der Waals surface area contributed by atoms with E-state index in [4.69, 9.17) is 0 Å². The van der Waals surface area contributed by atoms with Gasteiger partial charge in [-0.25, -0.2) is 0 Å². The van der Waals surface area contributed by atoms with E-state index in [0.29, 0.717) is 0 Å². The van der Waals surface area contributed by atoms with Crippen LogP contribution < -0.4 is 0 Å². The lowest BCUT2D eigenvalue weighted by Gasteiger charge is -2.29. The summed E-state index contributed by atoms with van der Waals surface area (Å²) in [6.07, 6.45) is 0. The monoisotopic (exact) mass is 300 g/mol. The Labute approximate surface area is 131 Å². The second kappa shape index (κ2) is 6.11. The van der Waals surface area contributed by atoms with Gasteiger partial charge in [-0.3, -0.25) is 0 Å². The molecule has 0 amide bonds. The molecule has 0 saturated heterocycles. The van der Waals surface area contributed by atoms with Crippen LogP contribution in [0.3, 0.4) is 0 Å². The fourth-order valence-corrected chi connectivity index (χ4v) is 2.57. The molecular formula is C19H24O3. The molecule has 0 spiro atoms. The Morgan fingerprint density at radius 3 is 1.45 bits per heavy atom. The van der Waals surface area contributed by atoms with Crippen LogP contribution in [0.4, 0.5) is 0 Å². The molecule has 0 unspecified atom stereocenters. The molecule has 3 N–H and O–H groups in total. The number of benzene rings is 2. The summed E-state index contributed by atoms with van der Waals surface area (Å²) in [5.41, 5.74) is 2.36. The van der Waals surface area contributed by atoms with Crippen LogP contribution in [-0.2, 0) is 10.8 Å². The number of phenols is 1. The fourth-order valence-electron chi connectivity index (χ4n) is 2.57. The predicted octanol–water partition coefficient (Wildman–Crippen LogP) is 2.96. The molecule has 22 heavy (non-hydrogen) atoms. The first-order valence-corrected chi connectivity index (χ1v) is 7.46. The fraction of sp³-hybridized carbons (Fsp3) is 0.368. The van der Waals surface area contributed by atoms with Crippen LogP contribution in [0.5, 0.6) is 5.75 Å². The lowest BCUT2D eigenvalue weighted by atomic mass is 9.76. The zero-order valence-corrected chi connectivity index (χ0v) is 13.4. The Kier molecular flexibility index (Phi) is 4.59. The lowest BCUT2D eigenvalue weighted by molar-refractivity contribution is 0.129. The molecular weight excluding hydrogens is 276 g/mol. The van der Waals surface area contributed by atoms with Gasteiger partial charge in [0.2, 0.25) is 0 Å². The van der Waals surface area contributed by atoms with Gasteiger partial charge in [0, 0.05) is 10.8 Å². The van der Waals surface area contributed by atoms with Crippen LogP contribution in [0, 0.1) is 0 Å². The molecule has 0 bridgehead atoms. The molecule has 2 aromatic carbocycles. The van der Waals surface area contributed by atoms with E-state index < -0.39 is 5.41 Å². The summed E-state index contributed by atoms with van der Waals surface area (Å²) in [4.78, 5) is 0. The van der Waals surface area contributed by atoms with E-state index in [-0.39, 0.29) is 24.4 Å². The maximum absolute atomic E-state index is 9.49. The molecule has 3 heteroatoms. The second-order valence-corrected chi connectivity index (χ2v) is 6.63. The molecule has 0 aromatic heterocycles. The maximum Gasteiger partial charge on any atom is 0.115 e. The number of aromatic hydroxyl groups is 1. The minimum absolute atomic E-state index is 0.0931. The Hall–Kier alpha value is -1.84. The third-order valence-corrected chi connectivity index (χ3v) is 4.59. The summed E-state index contributed by atoms with van der Waals surface area (Å²) in [6, 6.07) is 15.2. The molecule has 0 atom stereocenters. The van der Waals surface area contributed by atoms with E-state index in [9.17, 15) is 15.3 Å². The molecule has 0 radical (unpaired) electrons. The largest absolute Gasteiger partial charge is 0.508 e. The highest BCUT2D eigenvalue weighted by molar-refractivity contribution is 5.41.